The summed E-state index contributed by atoms with van der Waals surface area (Å²) in [4.78, 5) is 0. The maximum atomic E-state index is 8.92. The molecule has 0 aromatic carbocycles. The topological polar surface area (TPSA) is 67.5 Å². The lowest BCUT2D eigenvalue weighted by atomic mass is 10.2. The predicted octanol–water partition coefficient (Wildman–Crippen LogP) is -1.37. The molecule has 1 heterocycles. The van der Waals surface area contributed by atoms with E-state index in [9.17, 15) is 0 Å². The van der Waals surface area contributed by atoms with Gasteiger partial charge in [0.1, 0.15) is 0 Å². The number of hydrazine groups is 1. The zero-order valence-electron chi connectivity index (χ0n) is 4.91. The Morgan fingerprint density at radius 2 is 2.22 bits per heavy atom. The first-order valence-electron chi connectivity index (χ1n) is 2.56. The maximum Gasteiger partial charge on any atom is 0.0962 e. The van der Waals surface area contributed by atoms with Gasteiger partial charge in [0, 0.05) is 0 Å². The van der Waals surface area contributed by atoms with Gasteiger partial charge in [-0.1, -0.05) is 0 Å². The van der Waals surface area contributed by atoms with Crippen molar-refractivity contribution < 1.29 is 9.84 Å². The Kier molecular flexibility index (Phi) is 4.09. The average Bonchev–Trinajstić information content (AvgIpc) is 2.14. The summed E-state index contributed by atoms with van der Waals surface area (Å²) in [7, 11) is 0. The van der Waals surface area contributed by atoms with Crippen LogP contribution in [0.5, 0.6) is 0 Å². The van der Waals surface area contributed by atoms with E-state index in [0.29, 0.717) is 13.2 Å². The number of rotatable bonds is 1. The summed E-state index contributed by atoms with van der Waals surface area (Å²) in [5, 5.41) is 8.92. The summed E-state index contributed by atoms with van der Waals surface area (Å²) in [6.45, 7) is 0.909. The molecule has 56 valence electrons. The van der Waals surface area contributed by atoms with Crippen molar-refractivity contribution in [2.24, 2.45) is 5.84 Å². The minimum atomic E-state index is -0.431. The van der Waals surface area contributed by atoms with Crippen LogP contribution < -0.4 is 11.3 Å². The second kappa shape index (κ2) is 4.03. The van der Waals surface area contributed by atoms with Gasteiger partial charge in [-0.15, -0.1) is 12.4 Å². The van der Waals surface area contributed by atoms with Gasteiger partial charge in [-0.25, -0.2) is 0 Å². The first-order valence-corrected chi connectivity index (χ1v) is 2.56. The van der Waals surface area contributed by atoms with Crippen LogP contribution in [0.25, 0.3) is 0 Å². The summed E-state index contributed by atoms with van der Waals surface area (Å²) in [5.74, 6) is 5.03. The fourth-order valence-corrected chi connectivity index (χ4v) is 0.702. The minimum absolute atomic E-state index is 0. The van der Waals surface area contributed by atoms with E-state index in [1.807, 2.05) is 0 Å². The molecule has 0 aromatic heterocycles. The SMILES string of the molecule is Cl.NN[C@H]1COC[C@H]1O. The van der Waals surface area contributed by atoms with Crippen LogP contribution in [0.2, 0.25) is 0 Å². The Hall–Kier alpha value is 0.130. The standard InChI is InChI=1S/C4H10N2O2.ClH/c5-6-3-1-8-2-4(3)7;/h3-4,6-7H,1-2,5H2;1H/t3-,4+;/m0./s1. The van der Waals surface area contributed by atoms with Crippen LogP contribution in [0, 0.1) is 0 Å². The highest BCUT2D eigenvalue weighted by atomic mass is 35.5. The van der Waals surface area contributed by atoms with Crippen molar-refractivity contribution in [1.29, 1.82) is 0 Å². The first-order chi connectivity index (χ1) is 3.84. The first kappa shape index (κ1) is 9.13. The summed E-state index contributed by atoms with van der Waals surface area (Å²) in [5.41, 5.74) is 2.44. The number of nitrogens with two attached hydrogens (primary N) is 1. The predicted molar refractivity (Wildman–Crippen MR) is 35.2 cm³/mol. The van der Waals surface area contributed by atoms with Crippen LogP contribution in [0.3, 0.4) is 0 Å². The van der Waals surface area contributed by atoms with Gasteiger partial charge < -0.3 is 9.84 Å². The van der Waals surface area contributed by atoms with Crippen LogP contribution >= 0.6 is 12.4 Å². The molecule has 1 saturated heterocycles. The Bertz CT molecular complexity index is 83.0. The van der Waals surface area contributed by atoms with Crippen molar-refractivity contribution >= 4 is 12.4 Å². The maximum absolute atomic E-state index is 8.92. The van der Waals surface area contributed by atoms with E-state index in [1.165, 1.54) is 0 Å². The second-order valence-electron chi connectivity index (χ2n) is 1.88. The second-order valence-corrected chi connectivity index (χ2v) is 1.88. The molecule has 0 radical (unpaired) electrons. The molecule has 5 heteroatoms. The largest absolute Gasteiger partial charge is 0.389 e. The summed E-state index contributed by atoms with van der Waals surface area (Å²) >= 11 is 0. The molecule has 0 unspecified atom stereocenters. The van der Waals surface area contributed by atoms with Crippen LogP contribution in [0.1, 0.15) is 0 Å². The Morgan fingerprint density at radius 3 is 2.44 bits per heavy atom. The third kappa shape index (κ3) is 2.08. The van der Waals surface area contributed by atoms with Crippen LogP contribution in [0.15, 0.2) is 0 Å². The molecule has 1 aliphatic heterocycles. The fraction of sp³-hybridized carbons (Fsp3) is 1.00. The molecular formula is C4H11ClN2O2. The van der Waals surface area contributed by atoms with Gasteiger partial charge in [-0.3, -0.25) is 11.3 Å². The van der Waals surface area contributed by atoms with Gasteiger partial charge in [0.2, 0.25) is 0 Å². The van der Waals surface area contributed by atoms with Gasteiger partial charge in [-0.05, 0) is 0 Å². The Labute approximate surface area is 59.7 Å². The molecule has 0 aromatic rings. The normalized spacial score (nSPS) is 34.0. The van der Waals surface area contributed by atoms with Gasteiger partial charge in [-0.2, -0.15) is 0 Å². The van der Waals surface area contributed by atoms with E-state index >= 15 is 0 Å². The number of aliphatic hydroxyl groups excluding tert-OH is 1. The van der Waals surface area contributed by atoms with Crippen molar-refractivity contribution in [3.63, 3.8) is 0 Å². The molecule has 0 bridgehead atoms. The third-order valence-electron chi connectivity index (χ3n) is 1.26. The molecule has 4 nitrogen and oxygen atoms in total. The lowest BCUT2D eigenvalue weighted by Gasteiger charge is -2.08. The van der Waals surface area contributed by atoms with Crippen molar-refractivity contribution in [2.45, 2.75) is 12.1 Å². The van der Waals surface area contributed by atoms with Crippen LogP contribution in [-0.2, 0) is 4.74 Å². The van der Waals surface area contributed by atoms with E-state index in [4.69, 9.17) is 15.7 Å². The summed E-state index contributed by atoms with van der Waals surface area (Å²) in [6, 6.07) is -0.0741. The van der Waals surface area contributed by atoms with Crippen molar-refractivity contribution in [2.75, 3.05) is 13.2 Å². The van der Waals surface area contributed by atoms with Crippen molar-refractivity contribution in [3.05, 3.63) is 0 Å². The molecule has 1 rings (SSSR count). The molecule has 1 fully saturated rings. The molecule has 0 amide bonds. The van der Waals surface area contributed by atoms with Crippen LogP contribution in [-0.4, -0.2) is 30.5 Å². The minimum Gasteiger partial charge on any atom is -0.389 e. The number of hydrogen-bond acceptors (Lipinski definition) is 4. The lowest BCUT2D eigenvalue weighted by Crippen LogP contribution is -2.42. The van der Waals surface area contributed by atoms with E-state index < -0.39 is 6.10 Å². The summed E-state index contributed by atoms with van der Waals surface area (Å²) < 4.78 is 4.87. The quantitative estimate of drug-likeness (QED) is 0.322. The molecule has 2 atom stereocenters. The molecular weight excluding hydrogens is 144 g/mol. The average molecular weight is 155 g/mol. The van der Waals surface area contributed by atoms with E-state index in [2.05, 4.69) is 5.43 Å². The molecule has 1 aliphatic rings. The van der Waals surface area contributed by atoms with E-state index in [1.54, 1.807) is 0 Å². The molecule has 0 aliphatic carbocycles. The van der Waals surface area contributed by atoms with Gasteiger partial charge in [0.05, 0.1) is 25.4 Å². The molecule has 0 saturated carbocycles. The van der Waals surface area contributed by atoms with Crippen molar-refractivity contribution in [3.8, 4) is 0 Å². The monoisotopic (exact) mass is 154 g/mol. The van der Waals surface area contributed by atoms with Gasteiger partial charge in [0.15, 0.2) is 0 Å². The highest BCUT2D eigenvalue weighted by molar-refractivity contribution is 5.85. The number of ether oxygens (including phenoxy) is 1. The smallest absolute Gasteiger partial charge is 0.0962 e. The summed E-state index contributed by atoms with van der Waals surface area (Å²) in [6.07, 6.45) is -0.431. The molecule has 9 heavy (non-hydrogen) atoms. The number of halogens is 1. The third-order valence-corrected chi connectivity index (χ3v) is 1.26. The zero-order chi connectivity index (χ0) is 5.98. The van der Waals surface area contributed by atoms with Crippen LogP contribution in [0.4, 0.5) is 0 Å². The fourth-order valence-electron chi connectivity index (χ4n) is 0.702. The van der Waals surface area contributed by atoms with E-state index in [0.717, 1.165) is 0 Å². The number of nitrogens with one attached hydrogen (secondary N) is 1. The number of aliphatic hydroxyl groups is 1. The molecule has 0 spiro atoms. The Morgan fingerprint density at radius 1 is 1.56 bits per heavy atom. The van der Waals surface area contributed by atoms with E-state index in [-0.39, 0.29) is 18.4 Å². The Balaban J connectivity index is 0.000000640. The highest BCUT2D eigenvalue weighted by Gasteiger charge is 2.24. The van der Waals surface area contributed by atoms with Gasteiger partial charge >= 0.3 is 0 Å². The van der Waals surface area contributed by atoms with Crippen molar-refractivity contribution in [1.82, 2.24) is 5.43 Å². The van der Waals surface area contributed by atoms with Gasteiger partial charge in [0.25, 0.3) is 0 Å². The molecule has 4 N–H and O–H groups in total. The number of hydrogen-bond donors (Lipinski definition) is 3. The zero-order valence-corrected chi connectivity index (χ0v) is 5.73. The highest BCUT2D eigenvalue weighted by Crippen LogP contribution is 2.02. The lowest BCUT2D eigenvalue weighted by molar-refractivity contribution is 0.122.